The molecule has 2 rings (SSSR count). The maximum atomic E-state index is 11.8. The fourth-order valence-corrected chi connectivity index (χ4v) is 2.88. The lowest BCUT2D eigenvalue weighted by molar-refractivity contribution is -0.121. The lowest BCUT2D eigenvalue weighted by atomic mass is 9.96. The number of carbonyl (C=O) groups is 1. The molecule has 1 aromatic rings. The molecule has 120 valence electrons. The number of hydrogen-bond donors (Lipinski definition) is 2. The van der Waals surface area contributed by atoms with Crippen LogP contribution in [0.15, 0.2) is 24.3 Å². The Kier molecular flexibility index (Phi) is 6.65. The van der Waals surface area contributed by atoms with Crippen molar-refractivity contribution >= 4 is 23.2 Å². The highest BCUT2D eigenvalue weighted by Gasteiger charge is 2.15. The monoisotopic (exact) mass is 320 g/mol. The van der Waals surface area contributed by atoms with Gasteiger partial charge in [-0.05, 0) is 49.2 Å². The third kappa shape index (κ3) is 5.64. The Bertz CT molecular complexity index is 496. The molecule has 1 aliphatic carbocycles. The summed E-state index contributed by atoms with van der Waals surface area (Å²) >= 11 is 5.18. The largest absolute Gasteiger partial charge is 0.484 e. The Morgan fingerprint density at radius 1 is 1.23 bits per heavy atom. The molecule has 0 spiro atoms. The molecule has 0 bridgehead atoms. The summed E-state index contributed by atoms with van der Waals surface area (Å²) in [6, 6.07) is 8.16. The van der Waals surface area contributed by atoms with Gasteiger partial charge in [0.1, 0.15) is 5.75 Å². The van der Waals surface area contributed by atoms with Crippen LogP contribution in [0.3, 0.4) is 0 Å². The molecule has 2 N–H and O–H groups in total. The molecule has 0 unspecified atom stereocenters. The first-order valence-electron chi connectivity index (χ1n) is 7.99. The second-order valence-electron chi connectivity index (χ2n) is 5.64. The zero-order valence-electron chi connectivity index (χ0n) is 13.1. The van der Waals surface area contributed by atoms with Gasteiger partial charge in [0.25, 0.3) is 5.91 Å². The molecule has 0 radical (unpaired) electrons. The first-order valence-corrected chi connectivity index (χ1v) is 8.40. The average Bonchev–Trinajstić information content (AvgIpc) is 2.54. The van der Waals surface area contributed by atoms with Gasteiger partial charge in [-0.1, -0.05) is 38.3 Å². The van der Waals surface area contributed by atoms with Crippen LogP contribution in [0.25, 0.3) is 0 Å². The molecule has 0 atom stereocenters. The third-order valence-electron chi connectivity index (χ3n) is 3.89. The van der Waals surface area contributed by atoms with Crippen LogP contribution in [0.4, 0.5) is 0 Å². The maximum absolute atomic E-state index is 11.8. The van der Waals surface area contributed by atoms with Crippen LogP contribution in [-0.4, -0.2) is 23.7 Å². The first kappa shape index (κ1) is 16.7. The van der Waals surface area contributed by atoms with E-state index in [0.717, 1.165) is 19.3 Å². The minimum absolute atomic E-state index is 0.0298. The van der Waals surface area contributed by atoms with Crippen LogP contribution in [-0.2, 0) is 11.2 Å². The van der Waals surface area contributed by atoms with Crippen LogP contribution in [0.1, 0.15) is 44.6 Å². The van der Waals surface area contributed by atoms with Crippen molar-refractivity contribution in [1.29, 1.82) is 0 Å². The maximum Gasteiger partial charge on any atom is 0.264 e. The fourth-order valence-electron chi connectivity index (χ4n) is 2.60. The summed E-state index contributed by atoms with van der Waals surface area (Å²) in [5.74, 6) is 0.464. The molecular weight excluding hydrogens is 296 g/mol. The van der Waals surface area contributed by atoms with Crippen molar-refractivity contribution in [3.63, 3.8) is 0 Å². The summed E-state index contributed by atoms with van der Waals surface area (Å²) in [5.41, 5.74) is 1.25. The summed E-state index contributed by atoms with van der Waals surface area (Å²) in [7, 11) is 0. The van der Waals surface area contributed by atoms with E-state index in [1.54, 1.807) is 0 Å². The standard InChI is InChI=1S/C17H24N2O2S/c1-2-13-8-10-15(11-9-13)21-12-16(20)19-17(22)18-14-6-4-3-5-7-14/h8-11,14H,2-7,12H2,1H3,(H2,18,19,20,22). The average molecular weight is 320 g/mol. The quantitative estimate of drug-likeness (QED) is 0.819. The lowest BCUT2D eigenvalue weighted by Crippen LogP contribution is -2.46. The van der Waals surface area contributed by atoms with E-state index in [4.69, 9.17) is 17.0 Å². The number of ether oxygens (including phenoxy) is 1. The van der Waals surface area contributed by atoms with Gasteiger partial charge in [-0.3, -0.25) is 4.79 Å². The highest BCUT2D eigenvalue weighted by Crippen LogP contribution is 2.17. The van der Waals surface area contributed by atoms with Gasteiger partial charge >= 0.3 is 0 Å². The molecule has 1 amide bonds. The molecule has 4 nitrogen and oxygen atoms in total. The van der Waals surface area contributed by atoms with E-state index in [9.17, 15) is 4.79 Å². The fraction of sp³-hybridized carbons (Fsp3) is 0.529. The van der Waals surface area contributed by atoms with Gasteiger partial charge in [0.05, 0.1) is 0 Å². The minimum Gasteiger partial charge on any atom is -0.484 e. The van der Waals surface area contributed by atoms with Crippen LogP contribution in [0.5, 0.6) is 5.75 Å². The van der Waals surface area contributed by atoms with E-state index in [1.165, 1.54) is 24.8 Å². The predicted molar refractivity (Wildman–Crippen MR) is 92.1 cm³/mol. The summed E-state index contributed by atoms with van der Waals surface area (Å²) in [4.78, 5) is 11.8. The van der Waals surface area contributed by atoms with E-state index in [1.807, 2.05) is 24.3 Å². The smallest absolute Gasteiger partial charge is 0.264 e. The number of benzene rings is 1. The summed E-state index contributed by atoms with van der Waals surface area (Å²) in [5, 5.41) is 6.29. The second-order valence-corrected chi connectivity index (χ2v) is 6.05. The van der Waals surface area contributed by atoms with Gasteiger partial charge in [0, 0.05) is 6.04 Å². The number of carbonyl (C=O) groups excluding carboxylic acids is 1. The zero-order chi connectivity index (χ0) is 15.8. The topological polar surface area (TPSA) is 50.4 Å². The molecule has 0 aliphatic heterocycles. The second kappa shape index (κ2) is 8.73. The summed E-state index contributed by atoms with van der Waals surface area (Å²) in [6.07, 6.45) is 6.98. The van der Waals surface area contributed by atoms with Gasteiger partial charge in [0.15, 0.2) is 11.7 Å². The van der Waals surface area contributed by atoms with Gasteiger partial charge in [0.2, 0.25) is 0 Å². The number of amides is 1. The Morgan fingerprint density at radius 3 is 2.55 bits per heavy atom. The molecule has 0 saturated heterocycles. The van der Waals surface area contributed by atoms with Crippen molar-refractivity contribution in [3.05, 3.63) is 29.8 Å². The van der Waals surface area contributed by atoms with Gasteiger partial charge in [-0.15, -0.1) is 0 Å². The first-order chi connectivity index (χ1) is 10.7. The number of aryl methyl sites for hydroxylation is 1. The van der Waals surface area contributed by atoms with Crippen LogP contribution in [0, 0.1) is 0 Å². The van der Waals surface area contributed by atoms with E-state index in [0.29, 0.717) is 16.9 Å². The molecule has 1 fully saturated rings. The van der Waals surface area contributed by atoms with Crippen molar-refractivity contribution in [2.45, 2.75) is 51.5 Å². The van der Waals surface area contributed by atoms with Crippen molar-refractivity contribution in [3.8, 4) is 5.75 Å². The van der Waals surface area contributed by atoms with Crippen molar-refractivity contribution in [1.82, 2.24) is 10.6 Å². The SMILES string of the molecule is CCc1ccc(OCC(=O)NC(=S)NC2CCCCC2)cc1. The summed E-state index contributed by atoms with van der Waals surface area (Å²) in [6.45, 7) is 2.07. The zero-order valence-corrected chi connectivity index (χ0v) is 13.9. The number of hydrogen-bond acceptors (Lipinski definition) is 3. The van der Waals surface area contributed by atoms with Gasteiger partial charge in [-0.2, -0.15) is 0 Å². The molecular formula is C17H24N2O2S. The Hall–Kier alpha value is -1.62. The highest BCUT2D eigenvalue weighted by molar-refractivity contribution is 7.80. The number of nitrogens with one attached hydrogen (secondary N) is 2. The third-order valence-corrected chi connectivity index (χ3v) is 4.11. The molecule has 22 heavy (non-hydrogen) atoms. The molecule has 0 heterocycles. The van der Waals surface area contributed by atoms with Crippen molar-refractivity contribution in [2.75, 3.05) is 6.61 Å². The van der Waals surface area contributed by atoms with E-state index in [2.05, 4.69) is 17.6 Å². The van der Waals surface area contributed by atoms with Gasteiger partial charge < -0.3 is 15.4 Å². The van der Waals surface area contributed by atoms with Crippen molar-refractivity contribution < 1.29 is 9.53 Å². The number of rotatable bonds is 5. The van der Waals surface area contributed by atoms with Crippen LogP contribution >= 0.6 is 12.2 Å². The summed E-state index contributed by atoms with van der Waals surface area (Å²) < 4.78 is 5.46. The van der Waals surface area contributed by atoms with E-state index < -0.39 is 0 Å². The molecule has 1 saturated carbocycles. The van der Waals surface area contributed by atoms with E-state index in [-0.39, 0.29) is 12.5 Å². The Labute approximate surface area is 137 Å². The molecule has 5 heteroatoms. The van der Waals surface area contributed by atoms with E-state index >= 15 is 0 Å². The lowest BCUT2D eigenvalue weighted by Gasteiger charge is -2.24. The molecule has 0 aromatic heterocycles. The Balaban J connectivity index is 1.68. The minimum atomic E-state index is -0.229. The highest BCUT2D eigenvalue weighted by atomic mass is 32.1. The van der Waals surface area contributed by atoms with Crippen molar-refractivity contribution in [2.24, 2.45) is 0 Å². The predicted octanol–water partition coefficient (Wildman–Crippen LogP) is 2.95. The van der Waals surface area contributed by atoms with Gasteiger partial charge in [-0.25, -0.2) is 0 Å². The molecule has 1 aliphatic rings. The number of thiocarbonyl (C=S) groups is 1. The normalized spacial score (nSPS) is 15.1. The molecule has 1 aromatic carbocycles. The van der Waals surface area contributed by atoms with Crippen LogP contribution < -0.4 is 15.4 Å². The Morgan fingerprint density at radius 2 is 1.91 bits per heavy atom. The van der Waals surface area contributed by atoms with Crippen LogP contribution in [0.2, 0.25) is 0 Å².